The summed E-state index contributed by atoms with van der Waals surface area (Å²) in [7, 11) is -4.57. The topological polar surface area (TPSA) is 292 Å². The maximum absolute atomic E-state index is 12.2. The van der Waals surface area contributed by atoms with Gasteiger partial charge in [-0.05, 0) is 19.7 Å². The van der Waals surface area contributed by atoms with E-state index in [2.05, 4.69) is 4.99 Å². The zero-order valence-electron chi connectivity index (χ0n) is 27.0. The van der Waals surface area contributed by atoms with Gasteiger partial charge in [-0.2, -0.15) is 0 Å². The minimum absolute atomic E-state index is 0. The number of hydrogen-bond donors (Lipinski definition) is 7. The predicted octanol–water partition coefficient (Wildman–Crippen LogP) is -7.55. The number of fused-ring (bicyclic) bond motifs is 1. The van der Waals surface area contributed by atoms with Gasteiger partial charge in [0.05, 0.1) is 58.5 Å². The van der Waals surface area contributed by atoms with Gasteiger partial charge in [-0.3, -0.25) is 14.0 Å². The maximum Gasteiger partial charge on any atom is 1.00 e. The molecule has 1 unspecified atom stereocenters. The van der Waals surface area contributed by atoms with Gasteiger partial charge in [0, 0.05) is 13.0 Å². The van der Waals surface area contributed by atoms with Gasteiger partial charge in [0.2, 0.25) is 0 Å². The quantitative estimate of drug-likeness (QED) is 0.0269. The van der Waals surface area contributed by atoms with E-state index in [1.165, 1.54) is 6.92 Å². The fourth-order valence-corrected chi connectivity index (χ4v) is 6.43. The van der Waals surface area contributed by atoms with Crippen LogP contribution in [0.1, 0.15) is 20.3 Å². The van der Waals surface area contributed by atoms with Gasteiger partial charge in [-0.25, -0.2) is 4.57 Å². The van der Waals surface area contributed by atoms with Crippen LogP contribution in [-0.2, 0) is 51.5 Å². The molecule has 0 saturated carbocycles. The SMILES string of the molecule is CC([O-])=N[C@H]1[C@H](OCCOCCOCCN)O[C@H](CO)[C@@H](O)[C@@H]1O[C@@H]1O[C@@H]2COP(=O)(O)O[C@@H]2[C@H](O)[C@H]1O[C@@H]1O[C@@H](C)[C@@H](O)C[C@H]1O.[K+]. The van der Waals surface area contributed by atoms with Crippen molar-refractivity contribution in [2.75, 3.05) is 52.8 Å². The van der Waals surface area contributed by atoms with Crippen LogP contribution in [0.25, 0.3) is 0 Å². The molecule has 4 fully saturated rings. The third-order valence-corrected chi connectivity index (χ3v) is 8.83. The minimum atomic E-state index is -4.57. The predicted molar refractivity (Wildman–Crippen MR) is 151 cm³/mol. The van der Waals surface area contributed by atoms with E-state index >= 15 is 0 Å². The monoisotopic (exact) mass is 744 g/mol. The molecular weight excluding hydrogens is 698 g/mol. The maximum atomic E-state index is 12.2. The van der Waals surface area contributed by atoms with Crippen molar-refractivity contribution in [3.8, 4) is 0 Å². The Morgan fingerprint density at radius 1 is 0.938 bits per heavy atom. The molecular formula is C26H46KN2O18P. The number of aliphatic hydroxyl groups is 5. The molecule has 15 atom stereocenters. The first kappa shape index (κ1) is 43.1. The van der Waals surface area contributed by atoms with Gasteiger partial charge in [-0.1, -0.05) is 0 Å². The summed E-state index contributed by atoms with van der Waals surface area (Å²) >= 11 is 0. The molecule has 4 heterocycles. The fraction of sp³-hybridized carbons (Fsp3) is 0.962. The van der Waals surface area contributed by atoms with Gasteiger partial charge in [0.15, 0.2) is 18.9 Å². The number of nitrogens with zero attached hydrogens (tertiary/aromatic N) is 1. The average molecular weight is 745 g/mol. The van der Waals surface area contributed by atoms with Crippen molar-refractivity contribution in [2.45, 2.75) is 106 Å². The second kappa shape index (κ2) is 20.2. The molecule has 4 saturated heterocycles. The third-order valence-electron chi connectivity index (χ3n) is 7.84. The molecule has 274 valence electrons. The summed E-state index contributed by atoms with van der Waals surface area (Å²) in [5.74, 6) is -0.680. The van der Waals surface area contributed by atoms with Crippen molar-refractivity contribution in [3.63, 3.8) is 0 Å². The number of phosphoric ester groups is 1. The zero-order valence-corrected chi connectivity index (χ0v) is 31.0. The molecule has 20 nitrogen and oxygen atoms in total. The second-order valence-corrected chi connectivity index (χ2v) is 12.8. The zero-order chi connectivity index (χ0) is 34.3. The average Bonchev–Trinajstić information content (AvgIpc) is 3.01. The standard InChI is InChI=1S/C26H47N2O18P.K/c1-12-14(31)9-15(32)24(41-12)45-23-20(34)21-17(11-40-47(35,36)46-21)43-26(23)44-22-18(28-13(2)30)25(42-16(10-29)19(22)33)39-8-7-38-6-5-37-4-3-27;/h12,14-26,29,31-34H,3-11,27H2,1-2H3,(H,28,30)(H,35,36);/q;+1/p-1/t12-,14-,15+,16+,17+,18+,19+,20-,21-,22+,23+,24-,25+,26-;/m0./s1. The van der Waals surface area contributed by atoms with Crippen LogP contribution in [0.5, 0.6) is 0 Å². The van der Waals surface area contributed by atoms with Crippen LogP contribution < -0.4 is 62.2 Å². The summed E-state index contributed by atoms with van der Waals surface area (Å²) in [6.07, 6.45) is -18.2. The Balaban J connectivity index is 0.00000625. The molecule has 0 bridgehead atoms. The van der Waals surface area contributed by atoms with Crippen molar-refractivity contribution >= 4 is 13.7 Å². The van der Waals surface area contributed by atoms with E-state index < -0.39 is 113 Å². The van der Waals surface area contributed by atoms with Gasteiger partial charge in [0.25, 0.3) is 0 Å². The van der Waals surface area contributed by atoms with E-state index in [1.807, 2.05) is 0 Å². The molecule has 8 N–H and O–H groups in total. The van der Waals surface area contributed by atoms with E-state index in [0.717, 1.165) is 6.92 Å². The number of hydrogen-bond acceptors (Lipinski definition) is 19. The number of aliphatic imine (C=N–C) groups is 1. The van der Waals surface area contributed by atoms with Gasteiger partial charge >= 0.3 is 59.2 Å². The molecule has 0 aromatic rings. The van der Waals surface area contributed by atoms with Crippen LogP contribution in [0, 0.1) is 0 Å². The van der Waals surface area contributed by atoms with Crippen LogP contribution >= 0.6 is 7.82 Å². The van der Waals surface area contributed by atoms with Crippen molar-refractivity contribution in [1.82, 2.24) is 0 Å². The first-order chi connectivity index (χ1) is 22.3. The van der Waals surface area contributed by atoms with E-state index in [0.29, 0.717) is 19.8 Å². The number of rotatable bonds is 15. The van der Waals surface area contributed by atoms with E-state index in [4.69, 9.17) is 52.7 Å². The summed E-state index contributed by atoms with van der Waals surface area (Å²) in [6, 6.07) is -1.35. The van der Waals surface area contributed by atoms with Gasteiger partial charge < -0.3 is 79.2 Å². The molecule has 0 spiro atoms. The summed E-state index contributed by atoms with van der Waals surface area (Å²) in [5, 5.41) is 65.4. The number of nitrogens with two attached hydrogens (primary N) is 1. The Hall–Kier alpha value is 0.656. The molecule has 4 aliphatic rings. The Bertz CT molecular complexity index is 1050. The molecule has 4 rings (SSSR count). The Morgan fingerprint density at radius 2 is 1.60 bits per heavy atom. The minimum Gasteiger partial charge on any atom is -0.862 e. The van der Waals surface area contributed by atoms with Crippen LogP contribution in [0.15, 0.2) is 4.99 Å². The van der Waals surface area contributed by atoms with Gasteiger partial charge in [0.1, 0.15) is 54.9 Å². The third kappa shape index (κ3) is 11.6. The van der Waals surface area contributed by atoms with E-state index in [9.17, 15) is 40.1 Å². The molecule has 0 aromatic heterocycles. The largest absolute Gasteiger partial charge is 1.00 e. The van der Waals surface area contributed by atoms with Crippen LogP contribution in [0.4, 0.5) is 0 Å². The smallest absolute Gasteiger partial charge is 0.862 e. The fourth-order valence-electron chi connectivity index (χ4n) is 5.47. The van der Waals surface area contributed by atoms with E-state index in [-0.39, 0.29) is 77.6 Å². The number of ether oxygens (including phenoxy) is 8. The molecule has 0 radical (unpaired) electrons. The molecule has 22 heteroatoms. The summed E-state index contributed by atoms with van der Waals surface area (Å²) in [5.41, 5.74) is 5.37. The van der Waals surface area contributed by atoms with Crippen molar-refractivity contribution < 1.29 is 138 Å². The van der Waals surface area contributed by atoms with E-state index in [1.54, 1.807) is 0 Å². The van der Waals surface area contributed by atoms with Crippen LogP contribution in [0.3, 0.4) is 0 Å². The first-order valence-corrected chi connectivity index (χ1v) is 16.8. The second-order valence-electron chi connectivity index (χ2n) is 11.4. The summed E-state index contributed by atoms with van der Waals surface area (Å²) in [6.45, 7) is 2.82. The van der Waals surface area contributed by atoms with Crippen LogP contribution in [0.2, 0.25) is 0 Å². The molecule has 0 aliphatic carbocycles. The number of phosphoric acid groups is 1. The molecule has 48 heavy (non-hydrogen) atoms. The van der Waals surface area contributed by atoms with Crippen molar-refractivity contribution in [3.05, 3.63) is 0 Å². The Kier molecular flexibility index (Phi) is 18.1. The normalized spacial score (nSPS) is 43.7. The summed E-state index contributed by atoms with van der Waals surface area (Å²) < 4.78 is 67.9. The Labute approximate surface area is 319 Å². The molecule has 0 aromatic carbocycles. The first-order valence-electron chi connectivity index (χ1n) is 15.3. The molecule has 0 amide bonds. The van der Waals surface area contributed by atoms with Crippen LogP contribution in [-0.4, -0.2) is 175 Å². The van der Waals surface area contributed by atoms with Gasteiger partial charge in [-0.15, -0.1) is 0 Å². The van der Waals surface area contributed by atoms with Crippen molar-refractivity contribution in [1.29, 1.82) is 0 Å². The number of aliphatic hydroxyl groups excluding tert-OH is 5. The van der Waals surface area contributed by atoms with Crippen molar-refractivity contribution in [2.24, 2.45) is 10.7 Å². The Morgan fingerprint density at radius 3 is 2.27 bits per heavy atom. The molecule has 4 aliphatic heterocycles. The summed E-state index contributed by atoms with van der Waals surface area (Å²) in [4.78, 5) is 13.9.